The molecule has 0 fully saturated rings. The summed E-state index contributed by atoms with van der Waals surface area (Å²) in [6, 6.07) is 1.38. The van der Waals surface area contributed by atoms with Crippen LogP contribution in [0.15, 0.2) is 12.3 Å². The van der Waals surface area contributed by atoms with Crippen LogP contribution in [0.1, 0.15) is 19.8 Å². The van der Waals surface area contributed by atoms with E-state index in [1.54, 1.807) is 10.9 Å². The van der Waals surface area contributed by atoms with Crippen molar-refractivity contribution < 1.29 is 10.0 Å². The van der Waals surface area contributed by atoms with Gasteiger partial charge in [0.1, 0.15) is 0 Å². The Kier molecular flexibility index (Phi) is 4.23. The number of aliphatic hydroxyl groups excluding tert-OH is 1. The Hall–Kier alpha value is -1.43. The molecule has 84 valence electrons. The zero-order valence-electron chi connectivity index (χ0n) is 8.67. The summed E-state index contributed by atoms with van der Waals surface area (Å²) < 4.78 is 1.56. The summed E-state index contributed by atoms with van der Waals surface area (Å²) in [5, 5.41) is 22.9. The van der Waals surface area contributed by atoms with Crippen LogP contribution in [0, 0.1) is 16.0 Å². The third kappa shape index (κ3) is 3.67. The molecule has 0 saturated carbocycles. The molecule has 0 bridgehead atoms. The average molecular weight is 213 g/mol. The molecule has 15 heavy (non-hydrogen) atoms. The van der Waals surface area contributed by atoms with Crippen molar-refractivity contribution in [1.82, 2.24) is 9.78 Å². The fourth-order valence-electron chi connectivity index (χ4n) is 1.27. The van der Waals surface area contributed by atoms with Crippen molar-refractivity contribution in [2.45, 2.75) is 26.3 Å². The monoisotopic (exact) mass is 213 g/mol. The van der Waals surface area contributed by atoms with Crippen molar-refractivity contribution >= 4 is 5.82 Å². The molecule has 0 aliphatic carbocycles. The summed E-state index contributed by atoms with van der Waals surface area (Å²) >= 11 is 0. The highest BCUT2D eigenvalue weighted by atomic mass is 16.6. The van der Waals surface area contributed by atoms with Crippen molar-refractivity contribution in [3.63, 3.8) is 0 Å². The van der Waals surface area contributed by atoms with Crippen LogP contribution < -0.4 is 0 Å². The number of aliphatic hydroxyl groups is 1. The van der Waals surface area contributed by atoms with E-state index in [1.807, 2.05) is 6.92 Å². The number of rotatable bonds is 6. The molecule has 1 heterocycles. The Labute approximate surface area is 87.7 Å². The van der Waals surface area contributed by atoms with Gasteiger partial charge in [-0.1, -0.05) is 6.92 Å². The molecule has 1 N–H and O–H groups in total. The van der Waals surface area contributed by atoms with Crippen molar-refractivity contribution in [2.75, 3.05) is 6.61 Å². The molecule has 6 heteroatoms. The lowest BCUT2D eigenvalue weighted by Crippen LogP contribution is -2.05. The van der Waals surface area contributed by atoms with Gasteiger partial charge >= 0.3 is 5.82 Å². The van der Waals surface area contributed by atoms with Crippen LogP contribution in [0.3, 0.4) is 0 Å². The second kappa shape index (κ2) is 5.45. The predicted molar refractivity (Wildman–Crippen MR) is 54.4 cm³/mol. The summed E-state index contributed by atoms with van der Waals surface area (Å²) in [5.41, 5.74) is 0. The fraction of sp³-hybridized carbons (Fsp3) is 0.667. The summed E-state index contributed by atoms with van der Waals surface area (Å²) in [7, 11) is 0. The summed E-state index contributed by atoms with van der Waals surface area (Å²) in [4.78, 5) is 9.83. The third-order valence-electron chi connectivity index (χ3n) is 2.21. The predicted octanol–water partition coefficient (Wildman–Crippen LogP) is 1.20. The quantitative estimate of drug-likeness (QED) is 0.568. The van der Waals surface area contributed by atoms with Gasteiger partial charge in [-0.05, 0) is 23.7 Å². The highest BCUT2D eigenvalue weighted by molar-refractivity contribution is 5.13. The standard InChI is InChI=1S/C9H15N3O3/c1-8(7-13)3-2-5-11-6-4-9(10-11)12(14)15/h4,6,8,13H,2-3,5,7H2,1H3. The molecule has 0 spiro atoms. The lowest BCUT2D eigenvalue weighted by Gasteiger charge is -2.05. The van der Waals surface area contributed by atoms with Crippen LogP contribution in [-0.2, 0) is 6.54 Å². The molecule has 0 saturated heterocycles. The van der Waals surface area contributed by atoms with Gasteiger partial charge in [0.05, 0.1) is 23.9 Å². The molecule has 1 aromatic rings. The van der Waals surface area contributed by atoms with E-state index >= 15 is 0 Å². The van der Waals surface area contributed by atoms with Crippen LogP contribution in [0.25, 0.3) is 0 Å². The lowest BCUT2D eigenvalue weighted by molar-refractivity contribution is -0.389. The molecule has 1 aromatic heterocycles. The minimum absolute atomic E-state index is 0.120. The molecule has 1 rings (SSSR count). The first-order valence-electron chi connectivity index (χ1n) is 4.92. The minimum Gasteiger partial charge on any atom is -0.396 e. The SMILES string of the molecule is CC(CO)CCCn1ccc([N+](=O)[O-])n1. The van der Waals surface area contributed by atoms with Gasteiger partial charge in [-0.25, -0.2) is 0 Å². The second-order valence-corrected chi connectivity index (χ2v) is 3.62. The van der Waals surface area contributed by atoms with Gasteiger partial charge in [0, 0.05) is 6.61 Å². The number of aromatic nitrogens is 2. The second-order valence-electron chi connectivity index (χ2n) is 3.62. The van der Waals surface area contributed by atoms with Crippen LogP contribution in [0.2, 0.25) is 0 Å². The molecule has 6 nitrogen and oxygen atoms in total. The van der Waals surface area contributed by atoms with E-state index < -0.39 is 4.92 Å². The Bertz CT molecular complexity index is 324. The maximum Gasteiger partial charge on any atom is 0.389 e. The topological polar surface area (TPSA) is 81.2 Å². The zero-order chi connectivity index (χ0) is 11.3. The summed E-state index contributed by atoms with van der Waals surface area (Å²) in [6.45, 7) is 2.79. The van der Waals surface area contributed by atoms with E-state index in [2.05, 4.69) is 5.10 Å². The van der Waals surface area contributed by atoms with E-state index in [9.17, 15) is 10.1 Å². The maximum absolute atomic E-state index is 10.3. The minimum atomic E-state index is -0.507. The van der Waals surface area contributed by atoms with Crippen molar-refractivity contribution in [3.8, 4) is 0 Å². The van der Waals surface area contributed by atoms with E-state index in [-0.39, 0.29) is 18.3 Å². The molecule has 0 amide bonds. The Balaban J connectivity index is 2.35. The molecular weight excluding hydrogens is 198 g/mol. The van der Waals surface area contributed by atoms with Gasteiger partial charge in [0.15, 0.2) is 0 Å². The average Bonchev–Trinajstić information content (AvgIpc) is 2.66. The molecule has 0 aliphatic heterocycles. The largest absolute Gasteiger partial charge is 0.396 e. The van der Waals surface area contributed by atoms with E-state index in [0.29, 0.717) is 6.54 Å². The molecule has 1 unspecified atom stereocenters. The van der Waals surface area contributed by atoms with Gasteiger partial charge in [0.2, 0.25) is 0 Å². The third-order valence-corrected chi connectivity index (χ3v) is 2.21. The van der Waals surface area contributed by atoms with E-state index in [1.165, 1.54) is 6.07 Å². The number of aryl methyl sites for hydroxylation is 1. The van der Waals surface area contributed by atoms with Crippen LogP contribution in [0.5, 0.6) is 0 Å². The van der Waals surface area contributed by atoms with Gasteiger partial charge in [-0.3, -0.25) is 0 Å². The van der Waals surface area contributed by atoms with E-state index in [0.717, 1.165) is 12.8 Å². The molecule has 0 radical (unpaired) electrons. The number of hydrogen-bond acceptors (Lipinski definition) is 4. The molecule has 1 atom stereocenters. The maximum atomic E-state index is 10.3. The van der Waals surface area contributed by atoms with Gasteiger partial charge in [-0.15, -0.1) is 0 Å². The fourth-order valence-corrected chi connectivity index (χ4v) is 1.27. The van der Waals surface area contributed by atoms with Gasteiger partial charge < -0.3 is 15.2 Å². The van der Waals surface area contributed by atoms with E-state index in [4.69, 9.17) is 5.11 Å². The van der Waals surface area contributed by atoms with Gasteiger partial charge in [0.25, 0.3) is 0 Å². The first-order valence-corrected chi connectivity index (χ1v) is 4.92. The van der Waals surface area contributed by atoms with Crippen molar-refractivity contribution in [2.24, 2.45) is 5.92 Å². The van der Waals surface area contributed by atoms with Crippen molar-refractivity contribution in [1.29, 1.82) is 0 Å². The first kappa shape index (κ1) is 11.6. The van der Waals surface area contributed by atoms with Crippen molar-refractivity contribution in [3.05, 3.63) is 22.4 Å². The number of hydrogen-bond donors (Lipinski definition) is 1. The Morgan fingerprint density at radius 2 is 2.47 bits per heavy atom. The first-order chi connectivity index (χ1) is 7.13. The molecular formula is C9H15N3O3. The summed E-state index contributed by atoms with van der Waals surface area (Å²) in [5.74, 6) is 0.153. The smallest absolute Gasteiger partial charge is 0.389 e. The van der Waals surface area contributed by atoms with Crippen LogP contribution >= 0.6 is 0 Å². The molecule has 0 aromatic carbocycles. The highest BCUT2D eigenvalue weighted by Gasteiger charge is 2.10. The molecule has 0 aliphatic rings. The number of nitro groups is 1. The Morgan fingerprint density at radius 3 is 3.00 bits per heavy atom. The zero-order valence-corrected chi connectivity index (χ0v) is 8.67. The summed E-state index contributed by atoms with van der Waals surface area (Å²) in [6.07, 6.45) is 3.35. The van der Waals surface area contributed by atoms with Gasteiger partial charge in [-0.2, -0.15) is 4.68 Å². The number of nitrogens with zero attached hydrogens (tertiary/aromatic N) is 3. The Morgan fingerprint density at radius 1 is 1.73 bits per heavy atom. The van der Waals surface area contributed by atoms with Crippen LogP contribution in [-0.4, -0.2) is 26.4 Å². The normalized spacial score (nSPS) is 12.7. The highest BCUT2D eigenvalue weighted by Crippen LogP contribution is 2.08. The van der Waals surface area contributed by atoms with Crippen LogP contribution in [0.4, 0.5) is 5.82 Å². The lowest BCUT2D eigenvalue weighted by atomic mass is 10.1.